The lowest BCUT2D eigenvalue weighted by Gasteiger charge is -2.35. The van der Waals surface area contributed by atoms with Crippen LogP contribution in [0.1, 0.15) is 34.5 Å². The van der Waals surface area contributed by atoms with Gasteiger partial charge in [0.15, 0.2) is 0 Å². The quantitative estimate of drug-likeness (QED) is 0.750. The molecular weight excluding hydrogens is 396 g/mol. The highest BCUT2D eigenvalue weighted by Crippen LogP contribution is 2.26. The summed E-state index contributed by atoms with van der Waals surface area (Å²) in [6.07, 6.45) is 5.00. The molecule has 1 fully saturated rings. The van der Waals surface area contributed by atoms with Crippen LogP contribution in [0.15, 0.2) is 41.9 Å². The Morgan fingerprint density at radius 2 is 1.65 bits per heavy atom. The second kappa shape index (κ2) is 8.63. The van der Waals surface area contributed by atoms with E-state index < -0.39 is 0 Å². The Labute approximate surface area is 180 Å². The van der Waals surface area contributed by atoms with Crippen LogP contribution in [0.25, 0.3) is 0 Å². The Bertz CT molecular complexity index is 1040. The van der Waals surface area contributed by atoms with E-state index >= 15 is 0 Å². The van der Waals surface area contributed by atoms with Gasteiger partial charge in [0, 0.05) is 51.4 Å². The van der Waals surface area contributed by atoms with Gasteiger partial charge in [-0.2, -0.15) is 5.10 Å². The summed E-state index contributed by atoms with van der Waals surface area (Å²) >= 11 is 0. The first-order valence-electron chi connectivity index (χ1n) is 10.3. The summed E-state index contributed by atoms with van der Waals surface area (Å²) in [5.74, 6) is -0.499. The second-order valence-electron chi connectivity index (χ2n) is 7.72. The van der Waals surface area contributed by atoms with E-state index in [1.165, 1.54) is 23.6 Å². The molecule has 0 radical (unpaired) electrons. The van der Waals surface area contributed by atoms with Crippen LogP contribution in [0.3, 0.4) is 0 Å². The van der Waals surface area contributed by atoms with Gasteiger partial charge in [-0.15, -0.1) is 0 Å². The van der Waals surface area contributed by atoms with Gasteiger partial charge in [0.05, 0.1) is 11.9 Å². The van der Waals surface area contributed by atoms with E-state index in [9.17, 15) is 14.4 Å². The van der Waals surface area contributed by atoms with Crippen molar-refractivity contribution >= 4 is 29.1 Å². The average molecular weight is 420 g/mol. The Morgan fingerprint density at radius 1 is 0.935 bits per heavy atom. The third-order valence-corrected chi connectivity index (χ3v) is 5.51. The fourth-order valence-corrected chi connectivity index (χ4v) is 3.71. The third-order valence-electron chi connectivity index (χ3n) is 5.51. The number of hydrazone groups is 1. The van der Waals surface area contributed by atoms with Crippen LogP contribution in [0, 0.1) is 13.8 Å². The number of amides is 3. The van der Waals surface area contributed by atoms with Crippen molar-refractivity contribution in [3.8, 4) is 0 Å². The molecule has 0 unspecified atom stereocenters. The molecule has 160 valence electrons. The van der Waals surface area contributed by atoms with Crippen molar-refractivity contribution in [2.24, 2.45) is 5.10 Å². The lowest BCUT2D eigenvalue weighted by molar-refractivity contribution is -0.125. The monoisotopic (exact) mass is 420 g/mol. The predicted molar refractivity (Wildman–Crippen MR) is 115 cm³/mol. The molecule has 0 N–H and O–H groups in total. The number of aromatic nitrogens is 2. The number of piperazine rings is 1. The minimum Gasteiger partial charge on any atom is -0.334 e. The Kier molecular flexibility index (Phi) is 5.75. The molecule has 4 rings (SSSR count). The summed E-state index contributed by atoms with van der Waals surface area (Å²) in [6, 6.07) is 5.82. The molecule has 1 aromatic heterocycles. The van der Waals surface area contributed by atoms with Crippen molar-refractivity contribution in [3.63, 3.8) is 0 Å². The van der Waals surface area contributed by atoms with Crippen molar-refractivity contribution in [3.05, 3.63) is 53.6 Å². The van der Waals surface area contributed by atoms with Gasteiger partial charge in [-0.25, -0.2) is 9.99 Å². The van der Waals surface area contributed by atoms with E-state index in [4.69, 9.17) is 0 Å². The number of aryl methyl sites for hydroxylation is 2. The predicted octanol–water partition coefficient (Wildman–Crippen LogP) is 1.56. The van der Waals surface area contributed by atoms with Crippen molar-refractivity contribution < 1.29 is 14.4 Å². The molecule has 1 saturated heterocycles. The van der Waals surface area contributed by atoms with E-state index in [2.05, 4.69) is 15.1 Å². The Balaban J connectivity index is 1.45. The minimum atomic E-state index is -0.193. The van der Waals surface area contributed by atoms with Crippen molar-refractivity contribution in [2.75, 3.05) is 31.2 Å². The highest BCUT2D eigenvalue weighted by Gasteiger charge is 2.31. The molecule has 2 aliphatic rings. The second-order valence-corrected chi connectivity index (χ2v) is 7.72. The van der Waals surface area contributed by atoms with Crippen LogP contribution in [-0.4, -0.2) is 69.4 Å². The topological polar surface area (TPSA) is 99.1 Å². The zero-order chi connectivity index (χ0) is 22.0. The summed E-state index contributed by atoms with van der Waals surface area (Å²) in [6.45, 7) is 5.50. The minimum absolute atomic E-state index is 0.121. The molecular formula is C22H24N6O3. The normalized spacial score (nSPS) is 16.9. The third kappa shape index (κ3) is 4.30. The standard InChI is InChI=1S/C22H24N6O3/c1-15-3-4-16(2)19(13-15)28-20(29)6-5-17(25-28)21(30)26-9-11-27(12-10-26)22(31)18-14-23-7-8-24-18/h3-4,7-8,13-14H,5-6,9-12H2,1-2H3. The van der Waals surface area contributed by atoms with Gasteiger partial charge < -0.3 is 9.80 Å². The fourth-order valence-electron chi connectivity index (χ4n) is 3.71. The van der Waals surface area contributed by atoms with Gasteiger partial charge in [-0.1, -0.05) is 12.1 Å². The van der Waals surface area contributed by atoms with Crippen LogP contribution in [0.5, 0.6) is 0 Å². The molecule has 0 bridgehead atoms. The summed E-state index contributed by atoms with van der Waals surface area (Å²) in [5.41, 5.74) is 3.31. The molecule has 3 heterocycles. The number of benzene rings is 1. The zero-order valence-corrected chi connectivity index (χ0v) is 17.6. The number of carbonyl (C=O) groups is 3. The largest absolute Gasteiger partial charge is 0.334 e. The van der Waals surface area contributed by atoms with Crippen molar-refractivity contribution in [1.29, 1.82) is 0 Å². The first-order valence-corrected chi connectivity index (χ1v) is 10.3. The van der Waals surface area contributed by atoms with Crippen LogP contribution in [-0.2, 0) is 9.59 Å². The smallest absolute Gasteiger partial charge is 0.274 e. The molecule has 31 heavy (non-hydrogen) atoms. The summed E-state index contributed by atoms with van der Waals surface area (Å²) < 4.78 is 0. The summed E-state index contributed by atoms with van der Waals surface area (Å²) in [4.78, 5) is 49.4. The number of rotatable bonds is 3. The molecule has 1 aromatic carbocycles. The average Bonchev–Trinajstić information content (AvgIpc) is 2.81. The molecule has 9 heteroatoms. The lowest BCUT2D eigenvalue weighted by Crippen LogP contribution is -2.53. The number of nitrogens with zero attached hydrogens (tertiary/aromatic N) is 6. The molecule has 0 spiro atoms. The van der Waals surface area contributed by atoms with Gasteiger partial charge in [0.2, 0.25) is 5.91 Å². The first-order chi connectivity index (χ1) is 14.9. The molecule has 3 amide bonds. The highest BCUT2D eigenvalue weighted by molar-refractivity contribution is 6.40. The first kappa shape index (κ1) is 20.6. The Hall–Kier alpha value is -3.62. The number of carbonyl (C=O) groups excluding carboxylic acids is 3. The number of anilines is 1. The van der Waals surface area contributed by atoms with E-state index in [1.807, 2.05) is 32.0 Å². The molecule has 0 aliphatic carbocycles. The highest BCUT2D eigenvalue weighted by atomic mass is 16.2. The van der Waals surface area contributed by atoms with Crippen molar-refractivity contribution in [1.82, 2.24) is 19.8 Å². The fraction of sp³-hybridized carbons (Fsp3) is 0.364. The molecule has 2 aliphatic heterocycles. The lowest BCUT2D eigenvalue weighted by atomic mass is 10.1. The maximum atomic E-state index is 13.1. The maximum Gasteiger partial charge on any atom is 0.274 e. The molecule has 2 aromatic rings. The zero-order valence-electron chi connectivity index (χ0n) is 17.6. The number of hydrogen-bond acceptors (Lipinski definition) is 6. The van der Waals surface area contributed by atoms with Gasteiger partial charge in [0.1, 0.15) is 11.4 Å². The van der Waals surface area contributed by atoms with Gasteiger partial charge in [-0.3, -0.25) is 19.4 Å². The Morgan fingerprint density at radius 3 is 2.32 bits per heavy atom. The van der Waals surface area contributed by atoms with Crippen LogP contribution in [0.4, 0.5) is 5.69 Å². The number of hydrogen-bond donors (Lipinski definition) is 0. The van der Waals surface area contributed by atoms with E-state index in [0.717, 1.165) is 11.1 Å². The van der Waals surface area contributed by atoms with Gasteiger partial charge >= 0.3 is 0 Å². The van der Waals surface area contributed by atoms with E-state index in [1.54, 1.807) is 9.80 Å². The van der Waals surface area contributed by atoms with Gasteiger partial charge in [-0.05, 0) is 31.0 Å². The van der Waals surface area contributed by atoms with Gasteiger partial charge in [0.25, 0.3) is 11.8 Å². The summed E-state index contributed by atoms with van der Waals surface area (Å²) in [5, 5.41) is 5.78. The maximum absolute atomic E-state index is 13.1. The van der Waals surface area contributed by atoms with Crippen LogP contribution >= 0.6 is 0 Å². The van der Waals surface area contributed by atoms with E-state index in [0.29, 0.717) is 49.7 Å². The molecule has 0 atom stereocenters. The summed E-state index contributed by atoms with van der Waals surface area (Å²) in [7, 11) is 0. The van der Waals surface area contributed by atoms with E-state index in [-0.39, 0.29) is 24.1 Å². The van der Waals surface area contributed by atoms with Crippen LogP contribution in [0.2, 0.25) is 0 Å². The van der Waals surface area contributed by atoms with Crippen LogP contribution < -0.4 is 5.01 Å². The molecule has 0 saturated carbocycles. The van der Waals surface area contributed by atoms with Crippen molar-refractivity contribution in [2.45, 2.75) is 26.7 Å². The SMILES string of the molecule is Cc1ccc(C)c(N2N=C(C(=O)N3CCN(C(=O)c4cnccn4)CC3)CCC2=O)c1. The molecule has 9 nitrogen and oxygen atoms in total.